The summed E-state index contributed by atoms with van der Waals surface area (Å²) >= 11 is 0. The Morgan fingerprint density at radius 3 is 1.83 bits per heavy atom. The lowest BCUT2D eigenvalue weighted by atomic mass is 9.83. The van der Waals surface area contributed by atoms with E-state index in [9.17, 15) is 4.39 Å². The highest BCUT2D eigenvalue weighted by Crippen LogP contribution is 2.40. The van der Waals surface area contributed by atoms with E-state index in [0.717, 1.165) is 31.3 Å². The molecule has 0 amide bonds. The van der Waals surface area contributed by atoms with Crippen molar-refractivity contribution in [3.63, 3.8) is 0 Å². The number of hydrogen-bond acceptors (Lipinski definition) is 2. The van der Waals surface area contributed by atoms with E-state index in [2.05, 4.69) is 0 Å². The maximum atomic E-state index is 14.5. The second-order valence-electron chi connectivity index (χ2n) is 6.45. The van der Waals surface area contributed by atoms with E-state index in [-0.39, 0.29) is 5.73 Å². The van der Waals surface area contributed by atoms with Gasteiger partial charge in [0.25, 0.3) is 0 Å². The molecule has 1 saturated heterocycles. The highest BCUT2D eigenvalue weighted by atomic mass is 19.1. The van der Waals surface area contributed by atoms with Gasteiger partial charge in [-0.25, -0.2) is 4.39 Å². The van der Waals surface area contributed by atoms with Gasteiger partial charge in [0.1, 0.15) is 5.73 Å². The Hall–Kier alpha value is -0.345. The minimum Gasteiger partial charge on any atom is -0.398 e. The first kappa shape index (κ1) is 14.1. The lowest BCUT2D eigenvalue weighted by Gasteiger charge is -2.32. The van der Waals surface area contributed by atoms with Crippen molar-refractivity contribution in [1.29, 1.82) is 0 Å². The van der Waals surface area contributed by atoms with E-state index in [4.69, 9.17) is 9.31 Å². The molecule has 0 N–H and O–H groups in total. The Kier molecular flexibility index (Phi) is 3.89. The van der Waals surface area contributed by atoms with Gasteiger partial charge in [-0.15, -0.1) is 0 Å². The molecule has 1 saturated carbocycles. The van der Waals surface area contributed by atoms with Crippen LogP contribution in [-0.2, 0) is 9.31 Å². The molecule has 102 valence electrons. The predicted molar refractivity (Wildman–Crippen MR) is 71.9 cm³/mol. The van der Waals surface area contributed by atoms with Gasteiger partial charge in [0, 0.05) is 0 Å². The van der Waals surface area contributed by atoms with Gasteiger partial charge in [0.15, 0.2) is 0 Å². The van der Waals surface area contributed by atoms with Gasteiger partial charge in [0.05, 0.1) is 11.2 Å². The fourth-order valence-electron chi connectivity index (χ4n) is 2.51. The third-order valence-electron chi connectivity index (χ3n) is 4.51. The summed E-state index contributed by atoms with van der Waals surface area (Å²) in [7, 11) is -0.803. The third-order valence-corrected chi connectivity index (χ3v) is 4.51. The molecule has 0 spiro atoms. The first-order valence-corrected chi connectivity index (χ1v) is 7.06. The summed E-state index contributed by atoms with van der Waals surface area (Å²) in [6.07, 6.45) is 6.30. The zero-order valence-electron chi connectivity index (χ0n) is 12.0. The summed E-state index contributed by atoms with van der Waals surface area (Å²) in [6, 6.07) is 0. The molecular weight excluding hydrogens is 230 g/mol. The molecule has 0 aromatic rings. The van der Waals surface area contributed by atoms with Crippen LogP contribution >= 0.6 is 0 Å². The molecule has 0 aromatic carbocycles. The summed E-state index contributed by atoms with van der Waals surface area (Å²) in [6.45, 7) is 7.83. The summed E-state index contributed by atoms with van der Waals surface area (Å²) in [5.41, 5.74) is -0.179. The Morgan fingerprint density at radius 1 is 0.944 bits per heavy atom. The summed E-state index contributed by atoms with van der Waals surface area (Å²) in [5.74, 6) is 0. The SMILES string of the molecule is CC1(C)OB(C(F)=C2CCCCCC2)OC1(C)C. The fourth-order valence-corrected chi connectivity index (χ4v) is 2.51. The molecule has 2 aliphatic rings. The molecule has 2 fully saturated rings. The number of hydrogen-bond donors (Lipinski definition) is 0. The van der Waals surface area contributed by atoms with Crippen LogP contribution in [0.25, 0.3) is 0 Å². The van der Waals surface area contributed by atoms with E-state index >= 15 is 0 Å². The van der Waals surface area contributed by atoms with E-state index < -0.39 is 18.3 Å². The monoisotopic (exact) mass is 254 g/mol. The molecule has 0 unspecified atom stereocenters. The van der Waals surface area contributed by atoms with Crippen molar-refractivity contribution in [3.05, 3.63) is 11.3 Å². The molecule has 1 heterocycles. The van der Waals surface area contributed by atoms with Crippen molar-refractivity contribution in [2.24, 2.45) is 0 Å². The van der Waals surface area contributed by atoms with Crippen LogP contribution in [0.1, 0.15) is 66.2 Å². The maximum Gasteiger partial charge on any atom is 0.525 e. The van der Waals surface area contributed by atoms with E-state index in [1.807, 2.05) is 27.7 Å². The van der Waals surface area contributed by atoms with E-state index in [1.165, 1.54) is 12.8 Å². The second kappa shape index (κ2) is 4.97. The predicted octanol–water partition coefficient (Wildman–Crippen LogP) is 4.20. The first-order valence-electron chi connectivity index (χ1n) is 7.06. The number of rotatable bonds is 1. The van der Waals surface area contributed by atoms with Crippen LogP contribution in [-0.4, -0.2) is 18.3 Å². The quantitative estimate of drug-likeness (QED) is 0.515. The fraction of sp³-hybridized carbons (Fsp3) is 0.857. The van der Waals surface area contributed by atoms with Crippen molar-refractivity contribution in [1.82, 2.24) is 0 Å². The van der Waals surface area contributed by atoms with Crippen LogP contribution < -0.4 is 0 Å². The van der Waals surface area contributed by atoms with Gasteiger partial charge in [-0.1, -0.05) is 12.8 Å². The minimum atomic E-state index is -0.803. The lowest BCUT2D eigenvalue weighted by Crippen LogP contribution is -2.41. The number of halogens is 1. The van der Waals surface area contributed by atoms with Crippen molar-refractivity contribution in [3.8, 4) is 0 Å². The smallest absolute Gasteiger partial charge is 0.398 e. The molecule has 0 atom stereocenters. The molecule has 1 aliphatic heterocycles. The highest BCUT2D eigenvalue weighted by molar-refractivity contribution is 6.53. The second-order valence-corrected chi connectivity index (χ2v) is 6.45. The Morgan fingerprint density at radius 2 is 1.39 bits per heavy atom. The molecule has 0 aromatic heterocycles. The van der Waals surface area contributed by atoms with Crippen molar-refractivity contribution in [2.45, 2.75) is 77.4 Å². The molecule has 1 aliphatic carbocycles. The van der Waals surface area contributed by atoms with Crippen molar-refractivity contribution >= 4 is 7.12 Å². The molecule has 4 heteroatoms. The molecule has 18 heavy (non-hydrogen) atoms. The normalized spacial score (nSPS) is 27.2. The van der Waals surface area contributed by atoms with Crippen molar-refractivity contribution < 1.29 is 13.7 Å². The van der Waals surface area contributed by atoms with Gasteiger partial charge in [-0.3, -0.25) is 0 Å². The molecule has 2 rings (SSSR count). The lowest BCUT2D eigenvalue weighted by molar-refractivity contribution is 0.00578. The largest absolute Gasteiger partial charge is 0.525 e. The Balaban J connectivity index is 2.15. The van der Waals surface area contributed by atoms with Gasteiger partial charge < -0.3 is 9.31 Å². The minimum absolute atomic E-state index is 0.171. The molecule has 0 bridgehead atoms. The van der Waals surface area contributed by atoms with Crippen LogP contribution in [0, 0.1) is 0 Å². The molecular formula is C14H24BFO2. The zero-order valence-corrected chi connectivity index (χ0v) is 12.0. The number of allylic oxidation sites excluding steroid dienone is 1. The van der Waals surface area contributed by atoms with E-state index in [0.29, 0.717) is 0 Å². The maximum absolute atomic E-state index is 14.5. The van der Waals surface area contributed by atoms with Crippen molar-refractivity contribution in [2.75, 3.05) is 0 Å². The van der Waals surface area contributed by atoms with Crippen LogP contribution in [0.5, 0.6) is 0 Å². The Bertz CT molecular complexity index is 324. The van der Waals surface area contributed by atoms with Crippen LogP contribution in [0.15, 0.2) is 11.3 Å². The van der Waals surface area contributed by atoms with Gasteiger partial charge >= 0.3 is 7.12 Å². The summed E-state index contributed by atoms with van der Waals surface area (Å²) in [4.78, 5) is 0. The first-order chi connectivity index (χ1) is 8.33. The topological polar surface area (TPSA) is 18.5 Å². The van der Waals surface area contributed by atoms with Crippen LogP contribution in [0.4, 0.5) is 4.39 Å². The third kappa shape index (κ3) is 2.64. The zero-order chi connectivity index (χ0) is 13.4. The average Bonchev–Trinajstić information content (AvgIpc) is 2.50. The summed E-state index contributed by atoms with van der Waals surface area (Å²) < 4.78 is 26.0. The van der Waals surface area contributed by atoms with Crippen LogP contribution in [0.2, 0.25) is 0 Å². The average molecular weight is 254 g/mol. The molecule has 0 radical (unpaired) electrons. The van der Waals surface area contributed by atoms with E-state index in [1.54, 1.807) is 0 Å². The van der Waals surface area contributed by atoms with Gasteiger partial charge in [-0.05, 0) is 59.0 Å². The standard InChI is InChI=1S/C14H24BFO2/c1-13(2)14(3,4)18-15(17-13)12(16)11-9-7-5-6-8-10-11/h5-10H2,1-4H3. The summed E-state index contributed by atoms with van der Waals surface area (Å²) in [5, 5.41) is 0. The van der Waals surface area contributed by atoms with Gasteiger partial charge in [0.2, 0.25) is 0 Å². The molecule has 2 nitrogen and oxygen atoms in total. The van der Waals surface area contributed by atoms with Gasteiger partial charge in [-0.2, -0.15) is 0 Å². The highest BCUT2D eigenvalue weighted by Gasteiger charge is 2.53. The van der Waals surface area contributed by atoms with Crippen LogP contribution in [0.3, 0.4) is 0 Å². The Labute approximate surface area is 110 Å².